The van der Waals surface area contributed by atoms with E-state index in [9.17, 15) is 5.11 Å². The van der Waals surface area contributed by atoms with Gasteiger partial charge >= 0.3 is 0 Å². The zero-order valence-corrected chi connectivity index (χ0v) is 11.5. The van der Waals surface area contributed by atoms with Crippen molar-refractivity contribution in [3.05, 3.63) is 0 Å². The summed E-state index contributed by atoms with van der Waals surface area (Å²) in [6.45, 7) is 7.73. The van der Waals surface area contributed by atoms with Crippen LogP contribution in [-0.2, 0) is 0 Å². The molecule has 1 rings (SSSR count). The Morgan fingerprint density at radius 3 is 2.40 bits per heavy atom. The Balaban J connectivity index is 2.25. The molecule has 0 aromatic heterocycles. The van der Waals surface area contributed by atoms with Crippen molar-refractivity contribution in [2.24, 2.45) is 11.8 Å². The van der Waals surface area contributed by atoms with Crippen molar-refractivity contribution in [3.8, 4) is 0 Å². The number of aliphatic hydroxyl groups excluding tert-OH is 1. The maximum Gasteiger partial charge on any atom is 0.0541 e. The van der Waals surface area contributed by atoms with E-state index in [1.165, 1.54) is 26.1 Å². The van der Waals surface area contributed by atoms with E-state index in [4.69, 9.17) is 0 Å². The number of hydrogen-bond donors (Lipinski definition) is 1. The van der Waals surface area contributed by atoms with Crippen molar-refractivity contribution in [1.82, 2.24) is 4.90 Å². The van der Waals surface area contributed by atoms with E-state index in [-0.39, 0.29) is 6.10 Å². The maximum absolute atomic E-state index is 9.51. The molecule has 1 heterocycles. The van der Waals surface area contributed by atoms with Crippen LogP contribution < -0.4 is 0 Å². The van der Waals surface area contributed by atoms with E-state index in [2.05, 4.69) is 27.8 Å². The average Bonchev–Trinajstić information content (AvgIpc) is 2.26. The zero-order valence-electron chi connectivity index (χ0n) is 9.95. The van der Waals surface area contributed by atoms with Crippen LogP contribution >= 0.6 is 15.9 Å². The van der Waals surface area contributed by atoms with Crippen molar-refractivity contribution in [3.63, 3.8) is 0 Å². The first-order valence-corrected chi connectivity index (χ1v) is 7.25. The first-order chi connectivity index (χ1) is 7.17. The van der Waals surface area contributed by atoms with Crippen LogP contribution in [-0.4, -0.2) is 41.1 Å². The molecule has 3 heteroatoms. The number of hydrogen-bond acceptors (Lipinski definition) is 2. The van der Waals surface area contributed by atoms with E-state index in [1.54, 1.807) is 0 Å². The highest BCUT2D eigenvalue weighted by molar-refractivity contribution is 9.09. The summed E-state index contributed by atoms with van der Waals surface area (Å²) in [4.78, 5) is 2.55. The van der Waals surface area contributed by atoms with Gasteiger partial charge < -0.3 is 10.0 Å². The summed E-state index contributed by atoms with van der Waals surface area (Å²) in [5, 5.41) is 10.6. The number of halogens is 1. The van der Waals surface area contributed by atoms with Gasteiger partial charge in [-0.3, -0.25) is 0 Å². The molecule has 0 radical (unpaired) electrons. The number of likely N-dealkylation sites (tertiary alicyclic amines) is 1. The number of rotatable bonds is 5. The van der Waals surface area contributed by atoms with Crippen LogP contribution in [0, 0.1) is 11.8 Å². The Hall–Kier alpha value is 0.400. The Labute approximate surface area is 102 Å². The van der Waals surface area contributed by atoms with Gasteiger partial charge in [0.25, 0.3) is 0 Å². The Morgan fingerprint density at radius 2 is 2.00 bits per heavy atom. The van der Waals surface area contributed by atoms with Gasteiger partial charge in [-0.1, -0.05) is 29.3 Å². The molecule has 0 aromatic carbocycles. The van der Waals surface area contributed by atoms with Crippen LogP contribution in [0.2, 0.25) is 0 Å². The second-order valence-electron chi connectivity index (χ2n) is 4.81. The number of nitrogens with zero attached hydrogens (tertiary/aromatic N) is 1. The summed E-state index contributed by atoms with van der Waals surface area (Å²) < 4.78 is 0. The molecule has 0 spiro atoms. The van der Waals surface area contributed by atoms with Crippen LogP contribution in [0.15, 0.2) is 0 Å². The lowest BCUT2D eigenvalue weighted by atomic mass is 9.91. The maximum atomic E-state index is 9.51. The third kappa shape index (κ3) is 4.41. The van der Waals surface area contributed by atoms with Crippen molar-refractivity contribution in [2.75, 3.05) is 25.0 Å². The Kier molecular flexibility index (Phi) is 6.17. The van der Waals surface area contributed by atoms with Gasteiger partial charge in [0.2, 0.25) is 0 Å². The number of aliphatic hydroxyl groups is 1. The lowest BCUT2D eigenvalue weighted by Gasteiger charge is -2.34. The van der Waals surface area contributed by atoms with Gasteiger partial charge in [0, 0.05) is 11.9 Å². The second kappa shape index (κ2) is 6.87. The summed E-state index contributed by atoms with van der Waals surface area (Å²) in [6.07, 6.45) is 3.46. The molecule has 1 N–H and O–H groups in total. The third-order valence-electron chi connectivity index (χ3n) is 3.63. The van der Waals surface area contributed by atoms with Gasteiger partial charge in [-0.25, -0.2) is 0 Å². The molecule has 0 aliphatic carbocycles. The molecule has 1 aliphatic heterocycles. The first kappa shape index (κ1) is 13.5. The van der Waals surface area contributed by atoms with Crippen LogP contribution in [0.3, 0.4) is 0 Å². The highest BCUT2D eigenvalue weighted by Crippen LogP contribution is 2.21. The molecule has 2 nitrogen and oxygen atoms in total. The molecular weight excluding hydrogens is 254 g/mol. The van der Waals surface area contributed by atoms with E-state index < -0.39 is 0 Å². The molecular formula is C12H24BrNO. The molecule has 2 unspecified atom stereocenters. The predicted molar refractivity (Wildman–Crippen MR) is 68.4 cm³/mol. The van der Waals surface area contributed by atoms with Gasteiger partial charge in [-0.15, -0.1) is 0 Å². The molecule has 1 fully saturated rings. The summed E-state index contributed by atoms with van der Waals surface area (Å²) >= 11 is 3.57. The molecule has 0 aromatic rings. The third-order valence-corrected chi connectivity index (χ3v) is 4.54. The number of piperidine rings is 1. The fourth-order valence-electron chi connectivity index (χ4n) is 2.27. The normalized spacial score (nSPS) is 24.0. The number of alkyl halides is 1. The lowest BCUT2D eigenvalue weighted by Crippen LogP contribution is -2.39. The van der Waals surface area contributed by atoms with Gasteiger partial charge in [0.1, 0.15) is 0 Å². The molecule has 1 saturated heterocycles. The Bertz CT molecular complexity index is 163. The zero-order chi connectivity index (χ0) is 11.3. The molecule has 0 saturated carbocycles. The molecule has 0 bridgehead atoms. The van der Waals surface area contributed by atoms with Gasteiger partial charge in [0.05, 0.1) is 6.10 Å². The van der Waals surface area contributed by atoms with Crippen molar-refractivity contribution < 1.29 is 5.11 Å². The summed E-state index contributed by atoms with van der Waals surface area (Å²) in [5.74, 6) is 1.32. The predicted octanol–water partition coefficient (Wildman–Crippen LogP) is 2.50. The van der Waals surface area contributed by atoms with Crippen molar-refractivity contribution in [2.45, 2.75) is 39.2 Å². The smallest absolute Gasteiger partial charge is 0.0541 e. The van der Waals surface area contributed by atoms with E-state index in [0.29, 0.717) is 5.92 Å². The van der Waals surface area contributed by atoms with E-state index in [0.717, 1.165) is 24.1 Å². The monoisotopic (exact) mass is 277 g/mol. The van der Waals surface area contributed by atoms with E-state index >= 15 is 0 Å². The Morgan fingerprint density at radius 1 is 1.40 bits per heavy atom. The molecule has 2 atom stereocenters. The van der Waals surface area contributed by atoms with Crippen LogP contribution in [0.25, 0.3) is 0 Å². The highest BCUT2D eigenvalue weighted by Gasteiger charge is 2.23. The quantitative estimate of drug-likeness (QED) is 0.781. The minimum Gasteiger partial charge on any atom is -0.393 e. The topological polar surface area (TPSA) is 23.5 Å². The standard InChI is InChI=1S/C12H24BrNO/c1-3-11(8-13)9-14-6-4-12(5-7-14)10(2)15/h10-12,15H,3-9H2,1-2H3. The first-order valence-electron chi connectivity index (χ1n) is 6.13. The summed E-state index contributed by atoms with van der Waals surface area (Å²) in [7, 11) is 0. The SMILES string of the molecule is CCC(CBr)CN1CCC(C(C)O)CC1. The minimum absolute atomic E-state index is 0.120. The minimum atomic E-state index is -0.120. The highest BCUT2D eigenvalue weighted by atomic mass is 79.9. The average molecular weight is 278 g/mol. The fraction of sp³-hybridized carbons (Fsp3) is 1.00. The fourth-order valence-corrected chi connectivity index (χ4v) is 2.93. The van der Waals surface area contributed by atoms with Gasteiger partial charge in [-0.2, -0.15) is 0 Å². The van der Waals surface area contributed by atoms with Crippen molar-refractivity contribution >= 4 is 15.9 Å². The molecule has 1 aliphatic rings. The van der Waals surface area contributed by atoms with Crippen LogP contribution in [0.5, 0.6) is 0 Å². The van der Waals surface area contributed by atoms with E-state index in [1.807, 2.05) is 6.92 Å². The molecule has 0 amide bonds. The molecule has 90 valence electrons. The second-order valence-corrected chi connectivity index (χ2v) is 5.45. The van der Waals surface area contributed by atoms with Crippen LogP contribution in [0.4, 0.5) is 0 Å². The van der Waals surface area contributed by atoms with Crippen LogP contribution in [0.1, 0.15) is 33.1 Å². The van der Waals surface area contributed by atoms with Gasteiger partial charge in [0.15, 0.2) is 0 Å². The summed E-state index contributed by atoms with van der Waals surface area (Å²) in [5.41, 5.74) is 0. The largest absolute Gasteiger partial charge is 0.393 e. The molecule has 15 heavy (non-hydrogen) atoms. The lowest BCUT2D eigenvalue weighted by molar-refractivity contribution is 0.0674. The van der Waals surface area contributed by atoms with Crippen molar-refractivity contribution in [1.29, 1.82) is 0 Å². The summed E-state index contributed by atoms with van der Waals surface area (Å²) in [6, 6.07) is 0. The van der Waals surface area contributed by atoms with Gasteiger partial charge in [-0.05, 0) is 44.7 Å².